The number of likely N-dealkylation sites (tertiary alicyclic amines) is 1. The van der Waals surface area contributed by atoms with Crippen LogP contribution in [0.3, 0.4) is 0 Å². The molecule has 1 saturated heterocycles. The molecule has 1 aromatic carbocycles. The number of benzene rings is 1. The predicted molar refractivity (Wildman–Crippen MR) is 107 cm³/mol. The lowest BCUT2D eigenvalue weighted by Crippen LogP contribution is -2.45. The summed E-state index contributed by atoms with van der Waals surface area (Å²) in [6.07, 6.45) is 2.52. The average molecular weight is 431 g/mol. The van der Waals surface area contributed by atoms with Crippen LogP contribution < -0.4 is 5.32 Å². The van der Waals surface area contributed by atoms with Gasteiger partial charge in [-0.1, -0.05) is 37.3 Å². The van der Waals surface area contributed by atoms with Gasteiger partial charge < -0.3 is 15.0 Å². The molecule has 23 heavy (non-hydrogen) atoms. The van der Waals surface area contributed by atoms with Crippen molar-refractivity contribution in [3.05, 3.63) is 35.9 Å². The highest BCUT2D eigenvalue weighted by atomic mass is 127. The van der Waals surface area contributed by atoms with Gasteiger partial charge in [0.05, 0.1) is 19.8 Å². The average Bonchev–Trinajstić information content (AvgIpc) is 2.55. The summed E-state index contributed by atoms with van der Waals surface area (Å²) in [4.78, 5) is 7.08. The molecule has 1 aliphatic rings. The van der Waals surface area contributed by atoms with Crippen LogP contribution in [0.5, 0.6) is 0 Å². The molecule has 1 fully saturated rings. The Bertz CT molecular complexity index is 445. The molecule has 0 amide bonds. The van der Waals surface area contributed by atoms with Crippen molar-refractivity contribution in [3.8, 4) is 0 Å². The molecule has 1 heterocycles. The van der Waals surface area contributed by atoms with Crippen molar-refractivity contribution in [2.75, 3.05) is 32.8 Å². The second kappa shape index (κ2) is 11.7. The van der Waals surface area contributed by atoms with E-state index in [0.29, 0.717) is 19.8 Å². The van der Waals surface area contributed by atoms with Crippen LogP contribution in [-0.4, -0.2) is 43.6 Å². The Kier molecular flexibility index (Phi) is 10.3. The SMILES string of the molecule is CCNC(=NCCOCc1ccccc1)N1CCC(C)CC1.I. The third-order valence-electron chi connectivity index (χ3n) is 4.03. The molecule has 0 bridgehead atoms. The predicted octanol–water partition coefficient (Wildman–Crippen LogP) is 3.52. The molecule has 5 heteroatoms. The van der Waals surface area contributed by atoms with E-state index in [1.165, 1.54) is 18.4 Å². The second-order valence-corrected chi connectivity index (χ2v) is 5.94. The molecule has 0 spiro atoms. The second-order valence-electron chi connectivity index (χ2n) is 5.94. The highest BCUT2D eigenvalue weighted by Gasteiger charge is 2.18. The Balaban J connectivity index is 0.00000264. The van der Waals surface area contributed by atoms with Gasteiger partial charge in [-0.05, 0) is 31.2 Å². The number of guanidine groups is 1. The molecular formula is C18H30IN3O. The quantitative estimate of drug-likeness (QED) is 0.324. The maximum Gasteiger partial charge on any atom is 0.193 e. The molecule has 0 aliphatic carbocycles. The topological polar surface area (TPSA) is 36.9 Å². The normalized spacial score (nSPS) is 16.1. The fourth-order valence-corrected chi connectivity index (χ4v) is 2.63. The molecule has 0 saturated carbocycles. The zero-order chi connectivity index (χ0) is 15.6. The van der Waals surface area contributed by atoms with Crippen LogP contribution in [0.2, 0.25) is 0 Å². The summed E-state index contributed by atoms with van der Waals surface area (Å²) in [6, 6.07) is 10.3. The largest absolute Gasteiger partial charge is 0.375 e. The first-order valence-electron chi connectivity index (χ1n) is 8.44. The number of hydrogen-bond donors (Lipinski definition) is 1. The summed E-state index contributed by atoms with van der Waals surface area (Å²) < 4.78 is 5.70. The number of hydrogen-bond acceptors (Lipinski definition) is 2. The van der Waals surface area contributed by atoms with Crippen LogP contribution >= 0.6 is 24.0 Å². The van der Waals surface area contributed by atoms with E-state index in [0.717, 1.165) is 31.5 Å². The molecule has 0 radical (unpaired) electrons. The summed E-state index contributed by atoms with van der Waals surface area (Å²) >= 11 is 0. The monoisotopic (exact) mass is 431 g/mol. The number of piperidine rings is 1. The summed E-state index contributed by atoms with van der Waals surface area (Å²) in [5, 5.41) is 3.40. The first-order valence-corrected chi connectivity index (χ1v) is 8.44. The van der Waals surface area contributed by atoms with Crippen LogP contribution in [0.4, 0.5) is 0 Å². The first kappa shape index (κ1) is 20.2. The van der Waals surface area contributed by atoms with Gasteiger partial charge in [0.25, 0.3) is 0 Å². The van der Waals surface area contributed by atoms with Gasteiger partial charge in [0.2, 0.25) is 0 Å². The molecule has 4 nitrogen and oxygen atoms in total. The van der Waals surface area contributed by atoms with E-state index >= 15 is 0 Å². The number of aliphatic imine (C=N–C) groups is 1. The van der Waals surface area contributed by atoms with Crippen molar-refractivity contribution < 1.29 is 4.74 Å². The molecule has 0 atom stereocenters. The Hall–Kier alpha value is -0.820. The highest BCUT2D eigenvalue weighted by Crippen LogP contribution is 2.15. The summed E-state index contributed by atoms with van der Waals surface area (Å²) in [7, 11) is 0. The molecule has 0 aromatic heterocycles. The van der Waals surface area contributed by atoms with E-state index in [1.54, 1.807) is 0 Å². The number of rotatable bonds is 6. The van der Waals surface area contributed by atoms with E-state index in [2.05, 4.69) is 36.2 Å². The minimum atomic E-state index is 0. The molecular weight excluding hydrogens is 401 g/mol. The lowest BCUT2D eigenvalue weighted by Gasteiger charge is -2.33. The van der Waals surface area contributed by atoms with E-state index in [1.807, 2.05) is 18.2 Å². The van der Waals surface area contributed by atoms with Crippen molar-refractivity contribution >= 4 is 29.9 Å². The van der Waals surface area contributed by atoms with E-state index in [9.17, 15) is 0 Å². The third kappa shape index (κ3) is 7.52. The lowest BCUT2D eigenvalue weighted by atomic mass is 10.00. The summed E-state index contributed by atoms with van der Waals surface area (Å²) in [5.41, 5.74) is 1.21. The molecule has 130 valence electrons. The van der Waals surface area contributed by atoms with E-state index in [4.69, 9.17) is 9.73 Å². The van der Waals surface area contributed by atoms with Crippen molar-refractivity contribution in [3.63, 3.8) is 0 Å². The Morgan fingerprint density at radius 1 is 1.26 bits per heavy atom. The maximum absolute atomic E-state index is 5.70. The van der Waals surface area contributed by atoms with E-state index in [-0.39, 0.29) is 24.0 Å². The first-order chi connectivity index (χ1) is 10.8. The Morgan fingerprint density at radius 2 is 1.96 bits per heavy atom. The zero-order valence-corrected chi connectivity index (χ0v) is 16.7. The van der Waals surface area contributed by atoms with Crippen LogP contribution in [0, 0.1) is 5.92 Å². The molecule has 0 unspecified atom stereocenters. The Labute approximate surface area is 157 Å². The number of nitrogens with zero attached hydrogens (tertiary/aromatic N) is 2. The van der Waals surface area contributed by atoms with Crippen molar-refractivity contribution in [1.29, 1.82) is 0 Å². The minimum Gasteiger partial charge on any atom is -0.375 e. The summed E-state index contributed by atoms with van der Waals surface area (Å²) in [6.45, 7) is 9.61. The van der Waals surface area contributed by atoms with Gasteiger partial charge >= 0.3 is 0 Å². The zero-order valence-electron chi connectivity index (χ0n) is 14.3. The fraction of sp³-hybridized carbons (Fsp3) is 0.611. The molecule has 2 rings (SSSR count). The number of halogens is 1. The van der Waals surface area contributed by atoms with Crippen LogP contribution in [-0.2, 0) is 11.3 Å². The fourth-order valence-electron chi connectivity index (χ4n) is 2.63. The number of nitrogens with one attached hydrogen (secondary N) is 1. The van der Waals surface area contributed by atoms with Crippen LogP contribution in [0.1, 0.15) is 32.3 Å². The van der Waals surface area contributed by atoms with Gasteiger partial charge in [-0.2, -0.15) is 0 Å². The smallest absolute Gasteiger partial charge is 0.193 e. The van der Waals surface area contributed by atoms with Gasteiger partial charge in [0.1, 0.15) is 0 Å². The Morgan fingerprint density at radius 3 is 2.61 bits per heavy atom. The standard InChI is InChI=1S/C18H29N3O.HI/c1-3-19-18(21-12-9-16(2)10-13-21)20-11-14-22-15-17-7-5-4-6-8-17;/h4-8,16H,3,9-15H2,1-2H3,(H,19,20);1H. The van der Waals surface area contributed by atoms with Gasteiger partial charge in [-0.3, -0.25) is 4.99 Å². The van der Waals surface area contributed by atoms with Gasteiger partial charge in [0.15, 0.2) is 5.96 Å². The lowest BCUT2D eigenvalue weighted by molar-refractivity contribution is 0.128. The summed E-state index contributed by atoms with van der Waals surface area (Å²) in [5.74, 6) is 1.88. The maximum atomic E-state index is 5.70. The van der Waals surface area contributed by atoms with Crippen LogP contribution in [0.25, 0.3) is 0 Å². The van der Waals surface area contributed by atoms with E-state index < -0.39 is 0 Å². The van der Waals surface area contributed by atoms with Gasteiger partial charge in [-0.15, -0.1) is 24.0 Å². The van der Waals surface area contributed by atoms with Crippen molar-refractivity contribution in [1.82, 2.24) is 10.2 Å². The van der Waals surface area contributed by atoms with Crippen molar-refractivity contribution in [2.24, 2.45) is 10.9 Å². The molecule has 1 N–H and O–H groups in total. The molecule has 1 aliphatic heterocycles. The molecule has 1 aromatic rings. The minimum absolute atomic E-state index is 0. The third-order valence-corrected chi connectivity index (χ3v) is 4.03. The highest BCUT2D eigenvalue weighted by molar-refractivity contribution is 14.0. The number of ether oxygens (including phenoxy) is 1. The van der Waals surface area contributed by atoms with Crippen molar-refractivity contribution in [2.45, 2.75) is 33.3 Å². The van der Waals surface area contributed by atoms with Gasteiger partial charge in [-0.25, -0.2) is 0 Å². The van der Waals surface area contributed by atoms with Gasteiger partial charge in [0, 0.05) is 19.6 Å². The van der Waals surface area contributed by atoms with Crippen LogP contribution in [0.15, 0.2) is 35.3 Å².